The van der Waals surface area contributed by atoms with Crippen molar-refractivity contribution in [2.24, 2.45) is 4.99 Å². The van der Waals surface area contributed by atoms with E-state index in [9.17, 15) is 0 Å². The molecular formula is C10H19N3O. The number of nitrogens with zero attached hydrogens (tertiary/aromatic N) is 3. The average molecular weight is 197 g/mol. The Balaban J connectivity index is 2.38. The van der Waals surface area contributed by atoms with Crippen LogP contribution in [0.25, 0.3) is 0 Å². The van der Waals surface area contributed by atoms with E-state index in [1.54, 1.807) is 7.05 Å². The van der Waals surface area contributed by atoms with Gasteiger partial charge in [-0.3, -0.25) is 4.99 Å². The Morgan fingerprint density at radius 1 is 1.29 bits per heavy atom. The van der Waals surface area contributed by atoms with Crippen LogP contribution in [0.5, 0.6) is 0 Å². The van der Waals surface area contributed by atoms with Gasteiger partial charge >= 0.3 is 0 Å². The zero-order valence-electron chi connectivity index (χ0n) is 9.29. The molecule has 0 aromatic carbocycles. The molecule has 0 atom stereocenters. The number of likely N-dealkylation sites (N-methyl/N-ethyl adjacent to an activating group) is 1. The lowest BCUT2D eigenvalue weighted by Gasteiger charge is -2.34. The van der Waals surface area contributed by atoms with Gasteiger partial charge in [-0.2, -0.15) is 0 Å². The summed E-state index contributed by atoms with van der Waals surface area (Å²) < 4.78 is 5.44. The molecule has 0 amide bonds. The molecule has 1 aliphatic rings. The van der Waals surface area contributed by atoms with Crippen LogP contribution in [0.2, 0.25) is 0 Å². The third-order valence-corrected chi connectivity index (χ3v) is 2.44. The molecule has 0 unspecified atom stereocenters. The van der Waals surface area contributed by atoms with Crippen molar-refractivity contribution in [1.29, 1.82) is 0 Å². The van der Waals surface area contributed by atoms with Crippen LogP contribution in [-0.4, -0.2) is 56.0 Å². The summed E-state index contributed by atoms with van der Waals surface area (Å²) in [6, 6.07) is 0. The first-order chi connectivity index (χ1) is 6.63. The summed E-state index contributed by atoms with van der Waals surface area (Å²) in [5, 5.41) is 0. The number of ether oxygens (including phenoxy) is 1. The maximum Gasteiger partial charge on any atom is 0.190 e. The first-order valence-electron chi connectivity index (χ1n) is 4.87. The molecule has 1 rings (SSSR count). The van der Waals surface area contributed by atoms with Gasteiger partial charge in [-0.15, -0.1) is 0 Å². The fourth-order valence-electron chi connectivity index (χ4n) is 1.34. The van der Waals surface area contributed by atoms with Gasteiger partial charge in [0.2, 0.25) is 0 Å². The Bertz CT molecular complexity index is 230. The van der Waals surface area contributed by atoms with Crippen molar-refractivity contribution in [3.05, 3.63) is 12.5 Å². The average Bonchev–Trinajstić information content (AvgIpc) is 2.18. The third-order valence-electron chi connectivity index (χ3n) is 2.44. The molecule has 4 heteroatoms. The fourth-order valence-corrected chi connectivity index (χ4v) is 1.34. The van der Waals surface area contributed by atoms with Gasteiger partial charge in [-0.25, -0.2) is 0 Å². The molecule has 1 heterocycles. The van der Waals surface area contributed by atoms with Gasteiger partial charge < -0.3 is 14.5 Å². The number of hydrogen-bond donors (Lipinski definition) is 0. The maximum atomic E-state index is 5.44. The van der Waals surface area contributed by atoms with Crippen molar-refractivity contribution < 1.29 is 4.74 Å². The molecule has 1 aliphatic heterocycles. The van der Waals surface area contributed by atoms with E-state index in [0.717, 1.165) is 26.2 Å². The smallest absolute Gasteiger partial charge is 0.190 e. The van der Waals surface area contributed by atoms with Crippen LogP contribution in [0, 0.1) is 0 Å². The van der Waals surface area contributed by atoms with Crippen LogP contribution in [0.3, 0.4) is 0 Å². The molecule has 0 aromatic rings. The van der Waals surface area contributed by atoms with Crippen LogP contribution in [0.15, 0.2) is 17.5 Å². The van der Waals surface area contributed by atoms with E-state index in [-0.39, 0.29) is 0 Å². The number of aliphatic imine (C=N–C) groups is 1. The summed E-state index contributed by atoms with van der Waals surface area (Å²) in [4.78, 5) is 8.38. The predicted octanol–water partition coefficient (Wildman–Crippen LogP) is 0.770. The highest BCUT2D eigenvalue weighted by molar-refractivity contribution is 5.73. The third kappa shape index (κ3) is 3.03. The molecule has 0 saturated carbocycles. The Morgan fingerprint density at radius 2 is 1.86 bits per heavy atom. The highest BCUT2D eigenvalue weighted by atomic mass is 16.5. The lowest BCUT2D eigenvalue weighted by molar-refractivity contribution is 0.133. The minimum atomic E-state index is 0.661. The topological polar surface area (TPSA) is 28.1 Å². The summed E-state index contributed by atoms with van der Waals surface area (Å²) in [5.74, 6) is 1.37. The van der Waals surface area contributed by atoms with E-state index in [1.165, 1.54) is 0 Å². The number of rotatable bonds is 2. The van der Waals surface area contributed by atoms with Gasteiger partial charge in [0.05, 0.1) is 0 Å². The van der Waals surface area contributed by atoms with E-state index < -0.39 is 0 Å². The van der Waals surface area contributed by atoms with Gasteiger partial charge in [-0.1, -0.05) is 0 Å². The Hall–Kier alpha value is -1.03. The summed E-state index contributed by atoms with van der Waals surface area (Å²) in [6.45, 7) is 9.81. The molecule has 0 aliphatic carbocycles. The Labute approximate surface area is 85.9 Å². The van der Waals surface area contributed by atoms with E-state index in [0.29, 0.717) is 11.8 Å². The van der Waals surface area contributed by atoms with E-state index >= 15 is 0 Å². The first kappa shape index (κ1) is 11.0. The molecule has 1 saturated heterocycles. The van der Waals surface area contributed by atoms with Crippen LogP contribution in [0.4, 0.5) is 0 Å². The van der Waals surface area contributed by atoms with Crippen LogP contribution in [-0.2, 0) is 4.74 Å². The molecule has 0 radical (unpaired) electrons. The minimum absolute atomic E-state index is 0.661. The van der Waals surface area contributed by atoms with Crippen LogP contribution in [0.1, 0.15) is 6.92 Å². The van der Waals surface area contributed by atoms with Crippen molar-refractivity contribution in [2.75, 3.05) is 40.3 Å². The number of piperazine rings is 1. The molecule has 0 aromatic heterocycles. The monoisotopic (exact) mass is 197 g/mol. The highest BCUT2D eigenvalue weighted by Gasteiger charge is 2.16. The van der Waals surface area contributed by atoms with Crippen molar-refractivity contribution in [1.82, 2.24) is 9.80 Å². The second-order valence-corrected chi connectivity index (χ2v) is 3.53. The molecule has 0 N–H and O–H groups in total. The van der Waals surface area contributed by atoms with Gasteiger partial charge in [0.25, 0.3) is 0 Å². The second-order valence-electron chi connectivity index (χ2n) is 3.53. The summed E-state index contributed by atoms with van der Waals surface area (Å²) in [7, 11) is 3.84. The fraction of sp³-hybridized carbons (Fsp3) is 0.700. The van der Waals surface area contributed by atoms with Crippen molar-refractivity contribution in [3.63, 3.8) is 0 Å². The molecule has 0 spiro atoms. The predicted molar refractivity (Wildman–Crippen MR) is 58.3 cm³/mol. The normalized spacial score (nSPS) is 19.6. The lowest BCUT2D eigenvalue weighted by atomic mass is 10.3. The first-order valence-corrected chi connectivity index (χ1v) is 4.87. The molecule has 4 nitrogen and oxygen atoms in total. The SMILES string of the molecule is C=C(OC(C)=NC)N1CCN(C)CC1. The zero-order valence-corrected chi connectivity index (χ0v) is 9.29. The largest absolute Gasteiger partial charge is 0.428 e. The minimum Gasteiger partial charge on any atom is -0.428 e. The standard InChI is InChI=1S/C10H19N3O/c1-9(11-3)14-10(2)13-7-5-12(4)6-8-13/h2,5-8H2,1,3-4H3. The quantitative estimate of drug-likeness (QED) is 0.372. The molecular weight excluding hydrogens is 178 g/mol. The van der Waals surface area contributed by atoms with Gasteiger partial charge in [-0.05, 0) is 13.6 Å². The van der Waals surface area contributed by atoms with Crippen molar-refractivity contribution in [2.45, 2.75) is 6.92 Å². The maximum absolute atomic E-state index is 5.44. The second kappa shape index (κ2) is 5.00. The van der Waals surface area contributed by atoms with E-state index in [4.69, 9.17) is 4.74 Å². The van der Waals surface area contributed by atoms with E-state index in [1.807, 2.05) is 6.92 Å². The summed E-state index contributed by atoms with van der Waals surface area (Å²) in [5.41, 5.74) is 0. The summed E-state index contributed by atoms with van der Waals surface area (Å²) in [6.07, 6.45) is 0. The van der Waals surface area contributed by atoms with Crippen LogP contribution >= 0.6 is 0 Å². The number of hydrogen-bond acceptors (Lipinski definition) is 4. The van der Waals surface area contributed by atoms with Gasteiger partial charge in [0.1, 0.15) is 0 Å². The van der Waals surface area contributed by atoms with Crippen LogP contribution < -0.4 is 0 Å². The zero-order chi connectivity index (χ0) is 10.6. The van der Waals surface area contributed by atoms with E-state index in [2.05, 4.69) is 28.4 Å². The van der Waals surface area contributed by atoms with Gasteiger partial charge in [0, 0.05) is 40.2 Å². The Kier molecular flexibility index (Phi) is 3.95. The lowest BCUT2D eigenvalue weighted by Crippen LogP contribution is -2.44. The van der Waals surface area contributed by atoms with Crippen molar-refractivity contribution in [3.8, 4) is 0 Å². The summed E-state index contributed by atoms with van der Waals surface area (Å²) >= 11 is 0. The van der Waals surface area contributed by atoms with Crippen molar-refractivity contribution >= 4 is 5.90 Å². The molecule has 14 heavy (non-hydrogen) atoms. The molecule has 1 fully saturated rings. The Morgan fingerprint density at radius 3 is 2.36 bits per heavy atom. The van der Waals surface area contributed by atoms with Gasteiger partial charge in [0.15, 0.2) is 11.8 Å². The highest BCUT2D eigenvalue weighted by Crippen LogP contribution is 2.08. The molecule has 80 valence electrons. The molecule has 0 bridgehead atoms.